The molecule has 1 aliphatic heterocycles. The zero-order chi connectivity index (χ0) is 18.1. The van der Waals surface area contributed by atoms with Crippen molar-refractivity contribution in [1.82, 2.24) is 10.2 Å². The van der Waals surface area contributed by atoms with Crippen LogP contribution in [0.4, 0.5) is 13.6 Å². The minimum absolute atomic E-state index is 0.0723. The number of halogens is 2. The third kappa shape index (κ3) is 3.17. The Morgan fingerprint density at radius 2 is 1.73 bits per heavy atom. The second-order valence-corrected chi connectivity index (χ2v) is 6.76. The van der Waals surface area contributed by atoms with Crippen LogP contribution in [0.15, 0.2) is 48.5 Å². The first kappa shape index (κ1) is 17.0. The molecular formula is C20H20F2N2O2. The fourth-order valence-electron chi connectivity index (χ4n) is 3.74. The van der Waals surface area contributed by atoms with Crippen LogP contribution >= 0.6 is 0 Å². The Balaban J connectivity index is 1.50. The number of ether oxygens (including phenoxy) is 1. The summed E-state index contributed by atoms with van der Waals surface area (Å²) < 4.78 is 32.9. The van der Waals surface area contributed by atoms with E-state index >= 15 is 0 Å². The predicted molar refractivity (Wildman–Crippen MR) is 94.5 cm³/mol. The highest BCUT2D eigenvalue weighted by Crippen LogP contribution is 2.44. The van der Waals surface area contributed by atoms with E-state index in [0.29, 0.717) is 6.54 Å². The van der Waals surface area contributed by atoms with E-state index < -0.39 is 25.1 Å². The molecule has 1 fully saturated rings. The Kier molecular flexibility index (Phi) is 4.36. The van der Waals surface area contributed by atoms with Gasteiger partial charge in [-0.15, -0.1) is 0 Å². The van der Waals surface area contributed by atoms with Gasteiger partial charge in [-0.25, -0.2) is 13.6 Å². The van der Waals surface area contributed by atoms with Crippen LogP contribution < -0.4 is 5.32 Å². The third-order valence-electron chi connectivity index (χ3n) is 4.96. The highest BCUT2D eigenvalue weighted by Gasteiger charge is 2.36. The summed E-state index contributed by atoms with van der Waals surface area (Å²) in [6.07, 6.45) is -0.685. The number of fused-ring (bicyclic) bond motifs is 3. The van der Waals surface area contributed by atoms with Crippen molar-refractivity contribution in [3.63, 3.8) is 0 Å². The molecule has 0 bridgehead atoms. The first-order valence-electron chi connectivity index (χ1n) is 8.74. The van der Waals surface area contributed by atoms with E-state index in [1.165, 1.54) is 0 Å². The monoisotopic (exact) mass is 358 g/mol. The van der Waals surface area contributed by atoms with Crippen LogP contribution in [-0.4, -0.2) is 49.7 Å². The predicted octanol–water partition coefficient (Wildman–Crippen LogP) is 3.48. The topological polar surface area (TPSA) is 41.6 Å². The van der Waals surface area contributed by atoms with Crippen LogP contribution in [0.5, 0.6) is 0 Å². The zero-order valence-electron chi connectivity index (χ0n) is 14.3. The Bertz CT molecular complexity index is 779. The molecule has 0 aromatic heterocycles. The molecule has 2 aromatic rings. The molecule has 0 unspecified atom stereocenters. The van der Waals surface area contributed by atoms with E-state index in [0.717, 1.165) is 27.2 Å². The molecule has 6 heteroatoms. The molecule has 136 valence electrons. The first-order chi connectivity index (χ1) is 12.6. The molecule has 4 rings (SSSR count). The number of hydrogen-bond acceptors (Lipinski definition) is 3. The van der Waals surface area contributed by atoms with Crippen molar-refractivity contribution < 1.29 is 18.3 Å². The van der Waals surface area contributed by atoms with Crippen molar-refractivity contribution in [3.05, 3.63) is 59.7 Å². The van der Waals surface area contributed by atoms with Crippen LogP contribution in [0.2, 0.25) is 0 Å². The molecular weight excluding hydrogens is 338 g/mol. The fraction of sp³-hybridized carbons (Fsp3) is 0.350. The number of carbonyl (C=O) groups excluding carboxylic acids is 1. The van der Waals surface area contributed by atoms with Crippen LogP contribution in [-0.2, 0) is 4.74 Å². The van der Waals surface area contributed by atoms with Crippen LogP contribution in [0.25, 0.3) is 11.1 Å². The maximum absolute atomic E-state index is 13.7. The highest BCUT2D eigenvalue weighted by atomic mass is 19.3. The van der Waals surface area contributed by atoms with Crippen molar-refractivity contribution in [2.45, 2.75) is 11.8 Å². The maximum atomic E-state index is 13.7. The van der Waals surface area contributed by atoms with Gasteiger partial charge in [0.05, 0.1) is 13.1 Å². The number of hydrogen-bond donors (Lipinski definition) is 1. The standard InChI is InChI=1S/C20H20F2N2O2/c21-20(22)12-23-9-10-24(13-20)19(25)26-11-18-16-7-3-1-5-14(16)15-6-2-4-8-17(15)18/h1-8,18,23H,9-13H2. The van der Waals surface area contributed by atoms with Crippen molar-refractivity contribution in [1.29, 1.82) is 0 Å². The van der Waals surface area contributed by atoms with E-state index in [4.69, 9.17) is 4.74 Å². The molecule has 0 atom stereocenters. The molecule has 1 N–H and O–H groups in total. The molecule has 0 saturated carbocycles. The summed E-state index contributed by atoms with van der Waals surface area (Å²) in [7, 11) is 0. The van der Waals surface area contributed by atoms with Gasteiger partial charge >= 0.3 is 6.09 Å². The Morgan fingerprint density at radius 1 is 1.12 bits per heavy atom. The van der Waals surface area contributed by atoms with Gasteiger partial charge in [0.15, 0.2) is 0 Å². The number of rotatable bonds is 2. The average Bonchev–Trinajstić information content (AvgIpc) is 2.83. The summed E-state index contributed by atoms with van der Waals surface area (Å²) in [5.41, 5.74) is 4.47. The number of benzene rings is 2. The highest BCUT2D eigenvalue weighted by molar-refractivity contribution is 5.79. The Labute approximate surface area is 150 Å². The number of alkyl halides is 2. The van der Waals surface area contributed by atoms with Gasteiger partial charge in [-0.1, -0.05) is 48.5 Å². The first-order valence-corrected chi connectivity index (χ1v) is 8.74. The number of amides is 1. The second kappa shape index (κ2) is 6.68. The van der Waals surface area contributed by atoms with Gasteiger partial charge in [0.1, 0.15) is 6.61 Å². The molecule has 1 amide bonds. The molecule has 1 heterocycles. The largest absolute Gasteiger partial charge is 0.448 e. The third-order valence-corrected chi connectivity index (χ3v) is 4.96. The SMILES string of the molecule is O=C(OCC1c2ccccc2-c2ccccc21)N1CCNCC(F)(F)C1. The Morgan fingerprint density at radius 3 is 2.38 bits per heavy atom. The van der Waals surface area contributed by atoms with Crippen LogP contribution in [0, 0.1) is 0 Å². The lowest BCUT2D eigenvalue weighted by Crippen LogP contribution is -2.42. The lowest BCUT2D eigenvalue weighted by molar-refractivity contribution is -0.0188. The summed E-state index contributed by atoms with van der Waals surface area (Å²) in [6.45, 7) is -0.342. The van der Waals surface area contributed by atoms with Crippen molar-refractivity contribution in [2.24, 2.45) is 0 Å². The van der Waals surface area contributed by atoms with Gasteiger partial charge in [0, 0.05) is 19.0 Å². The number of nitrogens with zero attached hydrogens (tertiary/aromatic N) is 1. The van der Waals surface area contributed by atoms with Gasteiger partial charge in [-0.05, 0) is 22.3 Å². The summed E-state index contributed by atoms with van der Waals surface area (Å²) in [5.74, 6) is -3.01. The molecule has 26 heavy (non-hydrogen) atoms. The van der Waals surface area contributed by atoms with Crippen LogP contribution in [0.1, 0.15) is 17.0 Å². The molecule has 0 radical (unpaired) electrons. The fourth-order valence-corrected chi connectivity index (χ4v) is 3.74. The quantitative estimate of drug-likeness (QED) is 0.894. The lowest BCUT2D eigenvalue weighted by Gasteiger charge is -2.24. The van der Waals surface area contributed by atoms with Gasteiger partial charge in [-0.3, -0.25) is 0 Å². The lowest BCUT2D eigenvalue weighted by atomic mass is 9.98. The molecule has 2 aromatic carbocycles. The van der Waals surface area contributed by atoms with Gasteiger partial charge < -0.3 is 15.0 Å². The smallest absolute Gasteiger partial charge is 0.410 e. The summed E-state index contributed by atoms with van der Waals surface area (Å²) >= 11 is 0. The molecule has 0 spiro atoms. The number of nitrogens with one attached hydrogen (secondary N) is 1. The number of carbonyl (C=O) groups is 1. The van der Waals surface area contributed by atoms with E-state index in [-0.39, 0.29) is 19.1 Å². The van der Waals surface area contributed by atoms with Crippen LogP contribution in [0.3, 0.4) is 0 Å². The second-order valence-electron chi connectivity index (χ2n) is 6.76. The summed E-state index contributed by atoms with van der Waals surface area (Å²) in [6, 6.07) is 16.0. The average molecular weight is 358 g/mol. The van der Waals surface area contributed by atoms with Gasteiger partial charge in [-0.2, -0.15) is 0 Å². The van der Waals surface area contributed by atoms with Crippen molar-refractivity contribution >= 4 is 6.09 Å². The van der Waals surface area contributed by atoms with Crippen molar-refractivity contribution in [2.75, 3.05) is 32.8 Å². The molecule has 1 saturated heterocycles. The zero-order valence-corrected chi connectivity index (χ0v) is 14.3. The summed E-state index contributed by atoms with van der Waals surface area (Å²) in [5, 5.41) is 2.65. The van der Waals surface area contributed by atoms with Crippen molar-refractivity contribution in [3.8, 4) is 11.1 Å². The normalized spacial score (nSPS) is 18.8. The van der Waals surface area contributed by atoms with Gasteiger partial charge in [0.2, 0.25) is 0 Å². The maximum Gasteiger partial charge on any atom is 0.410 e. The van der Waals surface area contributed by atoms with Gasteiger partial charge in [0.25, 0.3) is 5.92 Å². The summed E-state index contributed by atoms with van der Waals surface area (Å²) in [4.78, 5) is 13.5. The molecule has 4 nitrogen and oxygen atoms in total. The van der Waals surface area contributed by atoms with E-state index in [1.807, 2.05) is 36.4 Å². The van der Waals surface area contributed by atoms with E-state index in [9.17, 15) is 13.6 Å². The molecule has 1 aliphatic carbocycles. The van der Waals surface area contributed by atoms with E-state index in [1.54, 1.807) is 0 Å². The minimum atomic E-state index is -2.94. The Hall–Kier alpha value is -2.47. The minimum Gasteiger partial charge on any atom is -0.448 e. The molecule has 2 aliphatic rings. The van der Waals surface area contributed by atoms with E-state index in [2.05, 4.69) is 17.4 Å².